The lowest BCUT2D eigenvalue weighted by molar-refractivity contribution is 0.202. The van der Waals surface area contributed by atoms with Crippen molar-refractivity contribution in [3.05, 3.63) is 29.8 Å². The van der Waals surface area contributed by atoms with Crippen molar-refractivity contribution in [1.82, 2.24) is 0 Å². The number of hydrogen-bond acceptors (Lipinski definition) is 2. The zero-order chi connectivity index (χ0) is 13.9. The molecule has 0 aromatic heterocycles. The largest absolute Gasteiger partial charge is 0.371 e. The molecule has 0 bridgehead atoms. The first-order valence-corrected chi connectivity index (χ1v) is 8.39. The van der Waals surface area contributed by atoms with Gasteiger partial charge in [-0.25, -0.2) is 0 Å². The first kappa shape index (κ1) is 13.9. The molecule has 2 unspecified atom stereocenters. The maximum absolute atomic E-state index is 6.31. The molecule has 3 rings (SSSR count). The Kier molecular flexibility index (Phi) is 4.30. The van der Waals surface area contributed by atoms with Crippen molar-refractivity contribution in [3.63, 3.8) is 0 Å². The van der Waals surface area contributed by atoms with E-state index in [0.29, 0.717) is 0 Å². The second-order valence-electron chi connectivity index (χ2n) is 6.61. The van der Waals surface area contributed by atoms with Crippen LogP contribution in [0.4, 0.5) is 5.69 Å². The number of rotatable bonds is 3. The average molecular weight is 272 g/mol. The molecule has 2 aliphatic rings. The van der Waals surface area contributed by atoms with Crippen LogP contribution >= 0.6 is 0 Å². The lowest BCUT2D eigenvalue weighted by Gasteiger charge is -2.43. The van der Waals surface area contributed by atoms with Crippen LogP contribution in [0.1, 0.15) is 57.1 Å². The molecular formula is C18H28N2. The zero-order valence-corrected chi connectivity index (χ0v) is 12.7. The predicted molar refractivity (Wildman–Crippen MR) is 85.9 cm³/mol. The molecule has 2 heteroatoms. The molecule has 0 radical (unpaired) electrons. The molecule has 1 aliphatic carbocycles. The van der Waals surface area contributed by atoms with E-state index in [1.807, 2.05) is 0 Å². The Bertz CT molecular complexity index is 443. The lowest BCUT2D eigenvalue weighted by Crippen LogP contribution is -2.42. The van der Waals surface area contributed by atoms with Crippen molar-refractivity contribution < 1.29 is 0 Å². The van der Waals surface area contributed by atoms with Gasteiger partial charge in [0.1, 0.15) is 0 Å². The van der Waals surface area contributed by atoms with Crippen LogP contribution in [0.3, 0.4) is 0 Å². The summed E-state index contributed by atoms with van der Waals surface area (Å²) >= 11 is 0. The molecule has 2 nitrogen and oxygen atoms in total. The first-order chi connectivity index (χ1) is 9.79. The summed E-state index contributed by atoms with van der Waals surface area (Å²) in [7, 11) is 0. The second-order valence-corrected chi connectivity index (χ2v) is 6.61. The van der Waals surface area contributed by atoms with Gasteiger partial charge >= 0.3 is 0 Å². The summed E-state index contributed by atoms with van der Waals surface area (Å²) in [6, 6.07) is 8.95. The van der Waals surface area contributed by atoms with Gasteiger partial charge in [-0.05, 0) is 42.7 Å². The van der Waals surface area contributed by atoms with Crippen LogP contribution in [0.15, 0.2) is 24.3 Å². The Morgan fingerprint density at radius 2 is 1.90 bits per heavy atom. The standard InChI is InChI=1S/C18H28N2/c1-2-17(19)16-9-5-6-10-18(16)20-12-11-14-7-3-4-8-15(14)13-20/h5-6,9-10,14-15,17H,2-4,7-8,11-13,19H2,1H3/t14?,15?,17-/m1/s1. The number of piperidine rings is 1. The Balaban J connectivity index is 1.79. The molecule has 1 aromatic rings. The Labute approximate surface area is 123 Å². The second kappa shape index (κ2) is 6.17. The molecule has 2 fully saturated rings. The molecule has 0 amide bonds. The molecule has 1 aliphatic heterocycles. The van der Waals surface area contributed by atoms with Crippen molar-refractivity contribution in [2.24, 2.45) is 17.6 Å². The zero-order valence-electron chi connectivity index (χ0n) is 12.7. The quantitative estimate of drug-likeness (QED) is 0.897. The Morgan fingerprint density at radius 1 is 1.15 bits per heavy atom. The summed E-state index contributed by atoms with van der Waals surface area (Å²) in [5.74, 6) is 1.91. The summed E-state index contributed by atoms with van der Waals surface area (Å²) in [6.07, 6.45) is 8.18. The topological polar surface area (TPSA) is 29.3 Å². The number of nitrogens with zero attached hydrogens (tertiary/aromatic N) is 1. The molecule has 1 saturated carbocycles. The van der Waals surface area contributed by atoms with Crippen molar-refractivity contribution in [2.45, 2.75) is 51.5 Å². The summed E-state index contributed by atoms with van der Waals surface area (Å²) in [5.41, 5.74) is 9.04. The van der Waals surface area contributed by atoms with Crippen LogP contribution in [0.5, 0.6) is 0 Å². The molecule has 1 aromatic carbocycles. The number of fused-ring (bicyclic) bond motifs is 1. The van der Waals surface area contributed by atoms with E-state index in [4.69, 9.17) is 5.73 Å². The summed E-state index contributed by atoms with van der Waals surface area (Å²) < 4.78 is 0. The maximum Gasteiger partial charge on any atom is 0.0414 e. The third kappa shape index (κ3) is 2.71. The SMILES string of the molecule is CC[C@@H](N)c1ccccc1N1CCC2CCCCC2C1. The van der Waals surface area contributed by atoms with Gasteiger partial charge in [-0.2, -0.15) is 0 Å². The highest BCUT2D eigenvalue weighted by molar-refractivity contribution is 5.55. The van der Waals surface area contributed by atoms with Crippen LogP contribution in [-0.2, 0) is 0 Å². The molecule has 1 heterocycles. The molecule has 2 N–H and O–H groups in total. The number of benzene rings is 1. The van der Waals surface area contributed by atoms with Gasteiger partial charge in [0.2, 0.25) is 0 Å². The minimum absolute atomic E-state index is 0.176. The van der Waals surface area contributed by atoms with Gasteiger partial charge in [0.05, 0.1) is 0 Å². The summed E-state index contributed by atoms with van der Waals surface area (Å²) in [6.45, 7) is 4.64. The van der Waals surface area contributed by atoms with Crippen molar-refractivity contribution in [1.29, 1.82) is 0 Å². The molecule has 20 heavy (non-hydrogen) atoms. The van der Waals surface area contributed by atoms with Crippen LogP contribution in [0.2, 0.25) is 0 Å². The van der Waals surface area contributed by atoms with Crippen LogP contribution in [0, 0.1) is 11.8 Å². The molecular weight excluding hydrogens is 244 g/mol. The van der Waals surface area contributed by atoms with Crippen LogP contribution in [0.25, 0.3) is 0 Å². The van der Waals surface area contributed by atoms with Gasteiger partial charge in [-0.3, -0.25) is 0 Å². The van der Waals surface area contributed by atoms with Gasteiger partial charge in [-0.15, -0.1) is 0 Å². The molecule has 110 valence electrons. The fraction of sp³-hybridized carbons (Fsp3) is 0.667. The predicted octanol–water partition coefficient (Wildman–Crippen LogP) is 4.11. The van der Waals surface area contributed by atoms with E-state index in [9.17, 15) is 0 Å². The summed E-state index contributed by atoms with van der Waals surface area (Å²) in [4.78, 5) is 2.61. The van der Waals surface area contributed by atoms with Gasteiger partial charge in [-0.1, -0.05) is 44.4 Å². The normalized spacial score (nSPS) is 28.0. The molecule has 3 atom stereocenters. The lowest BCUT2D eigenvalue weighted by atomic mass is 9.75. The minimum atomic E-state index is 0.176. The van der Waals surface area contributed by atoms with E-state index in [2.05, 4.69) is 36.1 Å². The smallest absolute Gasteiger partial charge is 0.0414 e. The van der Waals surface area contributed by atoms with Gasteiger partial charge in [0, 0.05) is 24.8 Å². The van der Waals surface area contributed by atoms with Crippen molar-refractivity contribution in [2.75, 3.05) is 18.0 Å². The van der Waals surface area contributed by atoms with E-state index >= 15 is 0 Å². The maximum atomic E-state index is 6.31. The Hall–Kier alpha value is -1.02. The third-order valence-corrected chi connectivity index (χ3v) is 5.41. The molecule has 0 spiro atoms. The number of para-hydroxylation sites is 1. The average Bonchev–Trinajstić information content (AvgIpc) is 2.53. The fourth-order valence-electron chi connectivity index (χ4n) is 4.13. The van der Waals surface area contributed by atoms with E-state index in [1.54, 1.807) is 0 Å². The van der Waals surface area contributed by atoms with Crippen molar-refractivity contribution >= 4 is 5.69 Å². The number of hydrogen-bond donors (Lipinski definition) is 1. The van der Waals surface area contributed by atoms with Gasteiger partial charge < -0.3 is 10.6 Å². The Morgan fingerprint density at radius 3 is 2.70 bits per heavy atom. The highest BCUT2D eigenvalue weighted by Crippen LogP contribution is 2.38. The number of anilines is 1. The van der Waals surface area contributed by atoms with E-state index in [-0.39, 0.29) is 6.04 Å². The fourth-order valence-corrected chi connectivity index (χ4v) is 4.13. The van der Waals surface area contributed by atoms with Crippen LogP contribution < -0.4 is 10.6 Å². The number of nitrogens with two attached hydrogens (primary N) is 1. The van der Waals surface area contributed by atoms with Gasteiger partial charge in [0.25, 0.3) is 0 Å². The molecule has 1 saturated heterocycles. The first-order valence-electron chi connectivity index (χ1n) is 8.39. The van der Waals surface area contributed by atoms with E-state index < -0.39 is 0 Å². The van der Waals surface area contributed by atoms with Crippen LogP contribution in [-0.4, -0.2) is 13.1 Å². The highest BCUT2D eigenvalue weighted by Gasteiger charge is 2.31. The third-order valence-electron chi connectivity index (χ3n) is 5.41. The van der Waals surface area contributed by atoms with Gasteiger partial charge in [0.15, 0.2) is 0 Å². The summed E-state index contributed by atoms with van der Waals surface area (Å²) in [5, 5.41) is 0. The highest BCUT2D eigenvalue weighted by atomic mass is 15.1. The van der Waals surface area contributed by atoms with E-state index in [0.717, 1.165) is 18.3 Å². The van der Waals surface area contributed by atoms with Crippen molar-refractivity contribution in [3.8, 4) is 0 Å². The monoisotopic (exact) mass is 272 g/mol. The van der Waals surface area contributed by atoms with E-state index in [1.165, 1.54) is 56.4 Å². The minimum Gasteiger partial charge on any atom is -0.371 e.